The molecule has 5 rings (SSSR count). The Labute approximate surface area is 222 Å². The van der Waals surface area contributed by atoms with Crippen LogP contribution < -0.4 is 4.57 Å². The van der Waals surface area contributed by atoms with Gasteiger partial charge in [0.15, 0.2) is 6.20 Å². The molecule has 1 heteroatoms. The van der Waals surface area contributed by atoms with E-state index >= 15 is 0 Å². The molecule has 5 aromatic rings. The number of fused-ring (bicyclic) bond motifs is 2. The van der Waals surface area contributed by atoms with E-state index in [1.54, 1.807) is 0 Å². The molecule has 0 atom stereocenters. The molecule has 0 N–H and O–H groups in total. The third kappa shape index (κ3) is 4.57. The van der Waals surface area contributed by atoms with Crippen LogP contribution in [0.15, 0.2) is 79.0 Å². The van der Waals surface area contributed by atoms with E-state index in [0.717, 1.165) is 0 Å². The van der Waals surface area contributed by atoms with Crippen LogP contribution in [0, 0.1) is 6.92 Å². The lowest BCUT2D eigenvalue weighted by Crippen LogP contribution is -2.30. The normalized spacial score (nSPS) is 12.0. The van der Waals surface area contributed by atoms with Gasteiger partial charge in [0.1, 0.15) is 7.05 Å². The summed E-state index contributed by atoms with van der Waals surface area (Å²) in [6.07, 6.45) is 2.21. The van der Waals surface area contributed by atoms with Gasteiger partial charge < -0.3 is 0 Å². The van der Waals surface area contributed by atoms with Crippen molar-refractivity contribution in [2.45, 2.75) is 66.2 Å². The highest BCUT2D eigenvalue weighted by Crippen LogP contribution is 2.40. The van der Waals surface area contributed by atoms with Crippen LogP contribution in [0.5, 0.6) is 0 Å². The van der Waals surface area contributed by atoms with Crippen molar-refractivity contribution in [1.82, 2.24) is 0 Å². The fraction of sp³-hybridized carbons (Fsp3) is 0.306. The van der Waals surface area contributed by atoms with Gasteiger partial charge in [0.25, 0.3) is 0 Å². The van der Waals surface area contributed by atoms with E-state index in [0.29, 0.717) is 17.8 Å². The molecule has 1 nitrogen and oxygen atoms in total. The van der Waals surface area contributed by atoms with Crippen molar-refractivity contribution in [2.75, 3.05) is 0 Å². The molecule has 0 aliphatic carbocycles. The highest BCUT2D eigenvalue weighted by molar-refractivity contribution is 5.99. The summed E-state index contributed by atoms with van der Waals surface area (Å²) in [7, 11) is 2.16. The largest absolute Gasteiger partial charge is 0.220 e. The van der Waals surface area contributed by atoms with Gasteiger partial charge in [-0.15, -0.1) is 0 Å². The molecule has 0 aliphatic heterocycles. The SMILES string of the molecule is Cc1cc2ccccc2cc1-c1c2ccc(-c3c(C(C)C)cc(C(C)C)cc3C(C)C)cc2cc[n+]1C. The highest BCUT2D eigenvalue weighted by atomic mass is 14.9. The smallest absolute Gasteiger partial charge is 0.200 e. The molecule has 0 saturated heterocycles. The van der Waals surface area contributed by atoms with Gasteiger partial charge in [-0.1, -0.05) is 90.1 Å². The van der Waals surface area contributed by atoms with Crippen LogP contribution in [-0.4, -0.2) is 0 Å². The zero-order valence-corrected chi connectivity index (χ0v) is 23.7. The third-order valence-corrected chi connectivity index (χ3v) is 7.91. The number of nitrogens with zero attached hydrogens (tertiary/aromatic N) is 1. The minimum absolute atomic E-state index is 0.464. The van der Waals surface area contributed by atoms with Gasteiger partial charge in [0.05, 0.1) is 10.9 Å². The lowest BCUT2D eigenvalue weighted by molar-refractivity contribution is -0.659. The van der Waals surface area contributed by atoms with Crippen LogP contribution in [0.4, 0.5) is 0 Å². The van der Waals surface area contributed by atoms with Crippen molar-refractivity contribution in [1.29, 1.82) is 0 Å². The van der Waals surface area contributed by atoms with Crippen LogP contribution in [0.3, 0.4) is 0 Å². The molecule has 0 unspecified atom stereocenters. The van der Waals surface area contributed by atoms with Crippen LogP contribution in [-0.2, 0) is 7.05 Å². The Morgan fingerprint density at radius 1 is 0.622 bits per heavy atom. The zero-order valence-electron chi connectivity index (χ0n) is 23.7. The summed E-state index contributed by atoms with van der Waals surface area (Å²) < 4.78 is 2.27. The Morgan fingerprint density at radius 3 is 1.84 bits per heavy atom. The van der Waals surface area contributed by atoms with E-state index in [1.807, 2.05) is 0 Å². The first-order valence-electron chi connectivity index (χ1n) is 13.8. The van der Waals surface area contributed by atoms with Crippen molar-refractivity contribution in [2.24, 2.45) is 7.05 Å². The average molecular weight is 487 g/mol. The van der Waals surface area contributed by atoms with Gasteiger partial charge in [-0.2, -0.15) is 0 Å². The molecule has 0 bridgehead atoms. The molecule has 0 aliphatic rings. The lowest BCUT2D eigenvalue weighted by Gasteiger charge is -2.23. The summed E-state index contributed by atoms with van der Waals surface area (Å²) in [5.74, 6) is 1.45. The lowest BCUT2D eigenvalue weighted by atomic mass is 9.81. The van der Waals surface area contributed by atoms with E-state index in [4.69, 9.17) is 0 Å². The minimum atomic E-state index is 0.464. The predicted molar refractivity (Wildman–Crippen MR) is 161 cm³/mol. The van der Waals surface area contributed by atoms with Crippen molar-refractivity contribution >= 4 is 21.5 Å². The highest BCUT2D eigenvalue weighted by Gasteiger charge is 2.21. The van der Waals surface area contributed by atoms with Crippen molar-refractivity contribution in [3.05, 3.63) is 101 Å². The number of benzene rings is 4. The minimum Gasteiger partial charge on any atom is -0.200 e. The first-order valence-corrected chi connectivity index (χ1v) is 13.8. The molecule has 0 radical (unpaired) electrons. The number of hydrogen-bond acceptors (Lipinski definition) is 0. The summed E-state index contributed by atoms with van der Waals surface area (Å²) in [5, 5.41) is 5.16. The Morgan fingerprint density at radius 2 is 1.24 bits per heavy atom. The first-order chi connectivity index (χ1) is 17.7. The van der Waals surface area contributed by atoms with E-state index in [-0.39, 0.29) is 0 Å². The Balaban J connectivity index is 1.75. The van der Waals surface area contributed by atoms with Gasteiger partial charge in [-0.25, -0.2) is 4.57 Å². The molecule has 0 saturated carbocycles. The first kappa shape index (κ1) is 25.2. The molecule has 188 valence electrons. The fourth-order valence-corrected chi connectivity index (χ4v) is 5.76. The fourth-order valence-electron chi connectivity index (χ4n) is 5.76. The Bertz CT molecular complexity index is 1590. The van der Waals surface area contributed by atoms with E-state index in [9.17, 15) is 0 Å². The quantitative estimate of drug-likeness (QED) is 0.218. The molecule has 0 amide bonds. The summed E-state index contributed by atoms with van der Waals surface area (Å²) >= 11 is 0. The van der Waals surface area contributed by atoms with E-state index in [2.05, 4.69) is 139 Å². The summed E-state index contributed by atoms with van der Waals surface area (Å²) in [5.41, 5.74) is 11.0. The molecular formula is C36H40N+. The Kier molecular flexibility index (Phi) is 6.67. The topological polar surface area (TPSA) is 3.88 Å². The van der Waals surface area contributed by atoms with Crippen LogP contribution in [0.25, 0.3) is 43.9 Å². The molecule has 1 heterocycles. The van der Waals surface area contributed by atoms with Gasteiger partial charge in [-0.05, 0) is 92.4 Å². The molecule has 1 aromatic heterocycles. The standard InChI is InChI=1S/C36H40N/c1-22(2)30-20-32(23(3)4)35(33(21-30)24(5)6)29-13-14-31-28(18-29)15-16-37(8)36(31)34-19-27-12-10-9-11-26(27)17-25(34)7/h9-24H,1-8H3/q+1. The summed E-state index contributed by atoms with van der Waals surface area (Å²) in [4.78, 5) is 0. The number of aryl methyl sites for hydroxylation is 2. The second-order valence-electron chi connectivity index (χ2n) is 11.6. The second kappa shape index (κ2) is 9.78. The van der Waals surface area contributed by atoms with Crippen LogP contribution >= 0.6 is 0 Å². The molecule has 4 aromatic carbocycles. The number of hydrogen-bond donors (Lipinski definition) is 0. The van der Waals surface area contributed by atoms with Gasteiger partial charge >= 0.3 is 0 Å². The molecular weight excluding hydrogens is 446 g/mol. The number of pyridine rings is 1. The second-order valence-corrected chi connectivity index (χ2v) is 11.6. The maximum absolute atomic E-state index is 2.45. The predicted octanol–water partition coefficient (Wildman–Crippen LogP) is 9.83. The van der Waals surface area contributed by atoms with Crippen LogP contribution in [0.2, 0.25) is 0 Å². The van der Waals surface area contributed by atoms with Gasteiger partial charge in [-0.3, -0.25) is 0 Å². The van der Waals surface area contributed by atoms with Gasteiger partial charge in [0, 0.05) is 6.07 Å². The van der Waals surface area contributed by atoms with Gasteiger partial charge in [0.2, 0.25) is 5.69 Å². The summed E-state index contributed by atoms with van der Waals surface area (Å²) in [6, 6.07) is 27.6. The molecule has 37 heavy (non-hydrogen) atoms. The molecule has 0 fully saturated rings. The van der Waals surface area contributed by atoms with E-state index in [1.165, 1.54) is 66.2 Å². The number of aromatic nitrogens is 1. The van der Waals surface area contributed by atoms with Crippen molar-refractivity contribution in [3.63, 3.8) is 0 Å². The average Bonchev–Trinajstić information content (AvgIpc) is 2.87. The third-order valence-electron chi connectivity index (χ3n) is 7.91. The number of rotatable bonds is 5. The zero-order chi connectivity index (χ0) is 26.4. The Hall–Kier alpha value is -3.45. The summed E-state index contributed by atoms with van der Waals surface area (Å²) in [6.45, 7) is 16.1. The molecule has 0 spiro atoms. The van der Waals surface area contributed by atoms with Crippen molar-refractivity contribution < 1.29 is 4.57 Å². The van der Waals surface area contributed by atoms with Crippen molar-refractivity contribution in [3.8, 4) is 22.4 Å². The van der Waals surface area contributed by atoms with E-state index < -0.39 is 0 Å². The maximum atomic E-state index is 2.45. The monoisotopic (exact) mass is 486 g/mol. The maximum Gasteiger partial charge on any atom is 0.220 e. The van der Waals surface area contributed by atoms with Crippen LogP contribution in [0.1, 0.15) is 81.5 Å².